The summed E-state index contributed by atoms with van der Waals surface area (Å²) in [6.07, 6.45) is 5.41. The maximum absolute atomic E-state index is 11.3. The molecule has 0 aliphatic heterocycles. The molecule has 0 bridgehead atoms. The average Bonchev–Trinajstić information content (AvgIpc) is 2.82. The molecule has 3 nitrogen and oxygen atoms in total. The van der Waals surface area contributed by atoms with E-state index in [9.17, 15) is 9.90 Å². The Kier molecular flexibility index (Phi) is 2.88. The molecule has 0 saturated carbocycles. The van der Waals surface area contributed by atoms with Crippen molar-refractivity contribution in [3.8, 4) is 0 Å². The second-order valence-electron chi connectivity index (χ2n) is 4.51. The Morgan fingerprint density at radius 2 is 2.06 bits per heavy atom. The predicted octanol–water partition coefficient (Wildman–Crippen LogP) is 3.43. The van der Waals surface area contributed by atoms with Crippen LogP contribution in [0.2, 0.25) is 0 Å². The molecular weight excluding hydrogens is 246 g/mol. The van der Waals surface area contributed by atoms with Gasteiger partial charge in [0, 0.05) is 5.92 Å². The first-order chi connectivity index (χ1) is 8.75. The van der Waals surface area contributed by atoms with Gasteiger partial charge in [0.15, 0.2) is 0 Å². The quantitative estimate of drug-likeness (QED) is 0.841. The van der Waals surface area contributed by atoms with Crippen molar-refractivity contribution < 1.29 is 9.90 Å². The summed E-state index contributed by atoms with van der Waals surface area (Å²) < 4.78 is 1.13. The van der Waals surface area contributed by atoms with Crippen LogP contribution >= 0.6 is 11.3 Å². The number of aromatic nitrogens is 1. The Labute approximate surface area is 109 Å². The lowest BCUT2D eigenvalue weighted by Gasteiger charge is -2.22. The van der Waals surface area contributed by atoms with Crippen LogP contribution in [0, 0.1) is 5.92 Å². The lowest BCUT2D eigenvalue weighted by Crippen LogP contribution is -2.23. The van der Waals surface area contributed by atoms with E-state index in [0.717, 1.165) is 21.6 Å². The normalized spacial score (nSPS) is 23.3. The number of aliphatic carboxylic acids is 1. The number of hydrogen-bond donors (Lipinski definition) is 1. The lowest BCUT2D eigenvalue weighted by atomic mass is 9.83. The van der Waals surface area contributed by atoms with Gasteiger partial charge in [0.2, 0.25) is 0 Å². The van der Waals surface area contributed by atoms with Crippen LogP contribution in [0.25, 0.3) is 10.2 Å². The standard InChI is InChI=1S/C14H13NO2S/c16-14(17)10-6-2-1-5-9(10)13-15-11-7-3-4-8-12(11)18-13/h1-4,7-10H,5-6H2,(H,16,17)/t9-,10+/m0/s1. The molecule has 1 heterocycles. The molecule has 1 N–H and O–H groups in total. The van der Waals surface area contributed by atoms with E-state index < -0.39 is 5.97 Å². The highest BCUT2D eigenvalue weighted by Crippen LogP contribution is 2.38. The largest absolute Gasteiger partial charge is 0.481 e. The fourth-order valence-electron chi connectivity index (χ4n) is 2.41. The molecular formula is C14H13NO2S. The predicted molar refractivity (Wildman–Crippen MR) is 71.9 cm³/mol. The van der Waals surface area contributed by atoms with Crippen molar-refractivity contribution in [1.82, 2.24) is 4.98 Å². The number of benzene rings is 1. The minimum Gasteiger partial charge on any atom is -0.481 e. The molecule has 1 aliphatic rings. The van der Waals surface area contributed by atoms with Crippen LogP contribution in [0.3, 0.4) is 0 Å². The van der Waals surface area contributed by atoms with Crippen molar-refractivity contribution >= 4 is 27.5 Å². The third kappa shape index (κ3) is 1.93. The molecule has 0 fully saturated rings. The first-order valence-corrected chi connectivity index (χ1v) is 6.80. The van der Waals surface area contributed by atoms with Crippen LogP contribution in [0.4, 0.5) is 0 Å². The van der Waals surface area contributed by atoms with Gasteiger partial charge in [0.1, 0.15) is 0 Å². The summed E-state index contributed by atoms with van der Waals surface area (Å²) in [5, 5.41) is 10.2. The van der Waals surface area contributed by atoms with Gasteiger partial charge in [-0.25, -0.2) is 4.98 Å². The molecule has 1 aromatic carbocycles. The first-order valence-electron chi connectivity index (χ1n) is 5.99. The van der Waals surface area contributed by atoms with Crippen LogP contribution in [0.1, 0.15) is 23.8 Å². The zero-order chi connectivity index (χ0) is 12.5. The minimum atomic E-state index is -0.719. The summed E-state index contributed by atoms with van der Waals surface area (Å²) in [7, 11) is 0. The van der Waals surface area contributed by atoms with Gasteiger partial charge in [-0.3, -0.25) is 4.79 Å². The van der Waals surface area contributed by atoms with E-state index >= 15 is 0 Å². The Hall–Kier alpha value is -1.68. The number of nitrogens with zero attached hydrogens (tertiary/aromatic N) is 1. The molecule has 1 aromatic heterocycles. The monoisotopic (exact) mass is 259 g/mol. The fourth-order valence-corrected chi connectivity index (χ4v) is 3.55. The number of thiazole rings is 1. The van der Waals surface area contributed by atoms with E-state index in [2.05, 4.69) is 11.1 Å². The zero-order valence-electron chi connectivity index (χ0n) is 9.74. The van der Waals surface area contributed by atoms with E-state index in [4.69, 9.17) is 0 Å². The first kappa shape index (κ1) is 11.4. The van der Waals surface area contributed by atoms with Gasteiger partial charge in [0.25, 0.3) is 0 Å². The molecule has 3 rings (SSSR count). The summed E-state index contributed by atoms with van der Waals surface area (Å²) in [6.45, 7) is 0. The smallest absolute Gasteiger partial charge is 0.307 e. The third-order valence-corrected chi connectivity index (χ3v) is 4.55. The Bertz CT molecular complexity index is 584. The maximum atomic E-state index is 11.3. The summed E-state index contributed by atoms with van der Waals surface area (Å²) in [5.41, 5.74) is 0.969. The molecule has 2 aromatic rings. The number of carboxylic acids is 1. The second-order valence-corrected chi connectivity index (χ2v) is 5.58. The van der Waals surface area contributed by atoms with E-state index in [1.807, 2.05) is 30.3 Å². The number of allylic oxidation sites excluding steroid dienone is 2. The number of hydrogen-bond acceptors (Lipinski definition) is 3. The topological polar surface area (TPSA) is 50.2 Å². The van der Waals surface area contributed by atoms with Gasteiger partial charge in [-0.2, -0.15) is 0 Å². The molecule has 0 saturated heterocycles. The van der Waals surface area contributed by atoms with E-state index in [1.165, 1.54) is 0 Å². The van der Waals surface area contributed by atoms with Crippen molar-refractivity contribution in [2.45, 2.75) is 18.8 Å². The van der Waals surface area contributed by atoms with Gasteiger partial charge >= 0.3 is 5.97 Å². The molecule has 2 atom stereocenters. The van der Waals surface area contributed by atoms with Gasteiger partial charge < -0.3 is 5.11 Å². The van der Waals surface area contributed by atoms with Crippen LogP contribution in [0.15, 0.2) is 36.4 Å². The highest BCUT2D eigenvalue weighted by atomic mass is 32.1. The number of carboxylic acid groups (broad SMARTS) is 1. The van der Waals surface area contributed by atoms with Gasteiger partial charge in [-0.15, -0.1) is 11.3 Å². The summed E-state index contributed by atoms with van der Waals surface area (Å²) >= 11 is 1.62. The van der Waals surface area contributed by atoms with Crippen molar-refractivity contribution in [3.05, 3.63) is 41.4 Å². The number of fused-ring (bicyclic) bond motifs is 1. The Balaban J connectivity index is 2.02. The van der Waals surface area contributed by atoms with E-state index in [-0.39, 0.29) is 11.8 Å². The van der Waals surface area contributed by atoms with Crippen molar-refractivity contribution in [2.75, 3.05) is 0 Å². The summed E-state index contributed by atoms with van der Waals surface area (Å²) in [6, 6.07) is 7.95. The minimum absolute atomic E-state index is 0.0184. The number of carbonyl (C=O) groups is 1. The van der Waals surface area contributed by atoms with Crippen LogP contribution in [-0.4, -0.2) is 16.1 Å². The Morgan fingerprint density at radius 1 is 1.28 bits per heavy atom. The summed E-state index contributed by atoms with van der Waals surface area (Å²) in [4.78, 5) is 15.9. The number of para-hydroxylation sites is 1. The highest BCUT2D eigenvalue weighted by Gasteiger charge is 2.31. The molecule has 0 radical (unpaired) electrons. The van der Waals surface area contributed by atoms with Crippen molar-refractivity contribution in [3.63, 3.8) is 0 Å². The van der Waals surface area contributed by atoms with Crippen molar-refractivity contribution in [1.29, 1.82) is 0 Å². The molecule has 92 valence electrons. The Morgan fingerprint density at radius 3 is 2.83 bits per heavy atom. The van der Waals surface area contributed by atoms with Crippen LogP contribution < -0.4 is 0 Å². The van der Waals surface area contributed by atoms with Crippen LogP contribution in [0.5, 0.6) is 0 Å². The molecule has 18 heavy (non-hydrogen) atoms. The van der Waals surface area contributed by atoms with E-state index in [1.54, 1.807) is 11.3 Å². The van der Waals surface area contributed by atoms with Crippen LogP contribution in [-0.2, 0) is 4.79 Å². The van der Waals surface area contributed by atoms with Gasteiger partial charge in [-0.05, 0) is 25.0 Å². The zero-order valence-corrected chi connectivity index (χ0v) is 10.6. The maximum Gasteiger partial charge on any atom is 0.307 e. The fraction of sp³-hybridized carbons (Fsp3) is 0.286. The van der Waals surface area contributed by atoms with Crippen molar-refractivity contribution in [2.24, 2.45) is 5.92 Å². The lowest BCUT2D eigenvalue weighted by molar-refractivity contribution is -0.142. The molecule has 4 heteroatoms. The van der Waals surface area contributed by atoms with Gasteiger partial charge in [-0.1, -0.05) is 24.3 Å². The molecule has 1 aliphatic carbocycles. The highest BCUT2D eigenvalue weighted by molar-refractivity contribution is 7.18. The molecule has 0 spiro atoms. The van der Waals surface area contributed by atoms with Gasteiger partial charge in [0.05, 0.1) is 21.1 Å². The summed E-state index contributed by atoms with van der Waals surface area (Å²) in [5.74, 6) is -1.04. The SMILES string of the molecule is O=C(O)[C@@H]1CC=CC[C@@H]1c1nc2ccccc2s1. The molecule has 0 unspecified atom stereocenters. The third-order valence-electron chi connectivity index (χ3n) is 3.38. The molecule has 0 amide bonds. The average molecular weight is 259 g/mol. The number of rotatable bonds is 2. The van der Waals surface area contributed by atoms with E-state index in [0.29, 0.717) is 6.42 Å². The second kappa shape index (κ2) is 4.53.